The van der Waals surface area contributed by atoms with Crippen molar-refractivity contribution >= 4 is 29.4 Å². The molecule has 3 N–H and O–H groups in total. The molecule has 186 valence electrons. The summed E-state index contributed by atoms with van der Waals surface area (Å²) in [4.78, 5) is 39.8. The van der Waals surface area contributed by atoms with Gasteiger partial charge in [0.25, 0.3) is 0 Å². The van der Waals surface area contributed by atoms with Gasteiger partial charge in [-0.25, -0.2) is 14.4 Å². The van der Waals surface area contributed by atoms with E-state index in [0.717, 1.165) is 17.5 Å². The average molecular weight is 479 g/mol. The van der Waals surface area contributed by atoms with Crippen LogP contribution in [0.5, 0.6) is 0 Å². The maximum absolute atomic E-state index is 13.0. The number of amides is 4. The van der Waals surface area contributed by atoms with E-state index in [9.17, 15) is 14.4 Å². The second-order valence-corrected chi connectivity index (χ2v) is 9.10. The van der Waals surface area contributed by atoms with Crippen LogP contribution < -0.4 is 16.0 Å². The molecule has 0 saturated carbocycles. The minimum atomic E-state index is -0.648. The summed E-state index contributed by atoms with van der Waals surface area (Å²) in [5, 5.41) is 8.54. The van der Waals surface area contributed by atoms with Gasteiger partial charge in [-0.15, -0.1) is 0 Å². The van der Waals surface area contributed by atoms with Crippen LogP contribution in [-0.2, 0) is 9.53 Å². The molecule has 0 fully saturated rings. The van der Waals surface area contributed by atoms with E-state index in [2.05, 4.69) is 16.0 Å². The van der Waals surface area contributed by atoms with Gasteiger partial charge in [-0.05, 0) is 61.6 Å². The van der Waals surface area contributed by atoms with Crippen molar-refractivity contribution in [2.75, 3.05) is 23.8 Å². The summed E-state index contributed by atoms with van der Waals surface area (Å²) in [5.74, 6) is -0.249. The zero-order valence-corrected chi connectivity index (χ0v) is 21.0. The number of carbonyl (C=O) groups is 3. The fourth-order valence-electron chi connectivity index (χ4n) is 3.88. The highest BCUT2D eigenvalue weighted by Crippen LogP contribution is 2.32. The van der Waals surface area contributed by atoms with Crippen LogP contribution in [-0.4, -0.2) is 36.1 Å². The Hall–Kier alpha value is -3.81. The number of anilines is 2. The van der Waals surface area contributed by atoms with Crippen molar-refractivity contribution in [2.24, 2.45) is 5.92 Å². The second kappa shape index (κ2) is 11.6. The third-order valence-corrected chi connectivity index (χ3v) is 5.59. The molecule has 0 spiro atoms. The van der Waals surface area contributed by atoms with Crippen molar-refractivity contribution in [1.82, 2.24) is 10.2 Å². The van der Waals surface area contributed by atoms with E-state index in [1.54, 1.807) is 36.1 Å². The van der Waals surface area contributed by atoms with E-state index in [1.165, 1.54) is 0 Å². The average Bonchev–Trinajstić information content (AvgIpc) is 2.80. The smallest absolute Gasteiger partial charge is 0.338 e. The van der Waals surface area contributed by atoms with Crippen LogP contribution in [0.2, 0.25) is 0 Å². The van der Waals surface area contributed by atoms with Gasteiger partial charge in [-0.1, -0.05) is 45.0 Å². The Labute approximate surface area is 206 Å². The van der Waals surface area contributed by atoms with Crippen LogP contribution in [0.4, 0.5) is 21.0 Å². The number of nitrogens with one attached hydrogen (secondary N) is 3. The van der Waals surface area contributed by atoms with Gasteiger partial charge in [0.05, 0.1) is 18.2 Å². The number of nitrogens with zero attached hydrogens (tertiary/aromatic N) is 1. The van der Waals surface area contributed by atoms with Crippen molar-refractivity contribution in [3.8, 4) is 0 Å². The maximum atomic E-state index is 13.0. The third kappa shape index (κ3) is 6.62. The summed E-state index contributed by atoms with van der Waals surface area (Å²) in [7, 11) is 0. The molecule has 1 atom stereocenters. The number of benzene rings is 2. The van der Waals surface area contributed by atoms with E-state index in [-0.39, 0.29) is 18.0 Å². The molecule has 35 heavy (non-hydrogen) atoms. The zero-order chi connectivity index (χ0) is 25.5. The predicted octanol–water partition coefficient (Wildman–Crippen LogP) is 5.59. The molecule has 4 amide bonds. The first kappa shape index (κ1) is 25.8. The number of rotatable bonds is 8. The number of esters is 1. The lowest BCUT2D eigenvalue weighted by molar-refractivity contribution is -0.140. The Morgan fingerprint density at radius 3 is 2.37 bits per heavy atom. The van der Waals surface area contributed by atoms with Crippen LogP contribution in [0.15, 0.2) is 59.8 Å². The molecule has 1 aliphatic rings. The molecule has 3 rings (SSSR count). The van der Waals surface area contributed by atoms with Gasteiger partial charge in [-0.2, -0.15) is 0 Å². The normalized spacial score (nSPS) is 15.7. The minimum absolute atomic E-state index is 0.194. The Morgan fingerprint density at radius 2 is 1.74 bits per heavy atom. The van der Waals surface area contributed by atoms with E-state index in [4.69, 9.17) is 4.74 Å². The number of aryl methyl sites for hydroxylation is 1. The van der Waals surface area contributed by atoms with Gasteiger partial charge in [0.1, 0.15) is 0 Å². The molecule has 8 heteroatoms. The van der Waals surface area contributed by atoms with E-state index in [1.807, 2.05) is 52.0 Å². The lowest BCUT2D eigenvalue weighted by Gasteiger charge is -2.35. The quantitative estimate of drug-likeness (QED) is 0.431. The highest BCUT2D eigenvalue weighted by atomic mass is 16.5. The summed E-state index contributed by atoms with van der Waals surface area (Å²) >= 11 is 0. The summed E-state index contributed by atoms with van der Waals surface area (Å²) in [6.45, 7) is 10.4. The molecule has 2 aromatic rings. The number of hydrogen-bond acceptors (Lipinski definition) is 4. The third-order valence-electron chi connectivity index (χ3n) is 5.59. The van der Waals surface area contributed by atoms with Crippen molar-refractivity contribution in [1.29, 1.82) is 0 Å². The Balaban J connectivity index is 1.80. The van der Waals surface area contributed by atoms with Crippen molar-refractivity contribution in [3.63, 3.8) is 0 Å². The molecule has 8 nitrogen and oxygen atoms in total. The first-order valence-corrected chi connectivity index (χ1v) is 11.9. The van der Waals surface area contributed by atoms with Gasteiger partial charge >= 0.3 is 18.0 Å². The molecule has 1 heterocycles. The fraction of sp³-hybridized carbons (Fsp3) is 0.370. The maximum Gasteiger partial charge on any atom is 0.338 e. The monoisotopic (exact) mass is 478 g/mol. The van der Waals surface area contributed by atoms with Gasteiger partial charge < -0.3 is 20.7 Å². The summed E-state index contributed by atoms with van der Waals surface area (Å²) in [6.07, 6.45) is 0.759. The molecule has 0 bridgehead atoms. The molecule has 0 aliphatic carbocycles. The minimum Gasteiger partial charge on any atom is -0.462 e. The molecule has 0 unspecified atom stereocenters. The first-order valence-electron chi connectivity index (χ1n) is 11.9. The van der Waals surface area contributed by atoms with Crippen LogP contribution in [0.25, 0.3) is 0 Å². The second-order valence-electron chi connectivity index (χ2n) is 9.10. The molecule has 0 saturated heterocycles. The van der Waals surface area contributed by atoms with Gasteiger partial charge in [-0.3, -0.25) is 4.90 Å². The fourth-order valence-corrected chi connectivity index (χ4v) is 3.88. The molecule has 0 radical (unpaired) electrons. The van der Waals surface area contributed by atoms with Crippen molar-refractivity contribution < 1.29 is 19.1 Å². The molecule has 0 aromatic heterocycles. The van der Waals surface area contributed by atoms with E-state index >= 15 is 0 Å². The molecular formula is C27H34N4O4. The van der Waals surface area contributed by atoms with Crippen LogP contribution in [0.3, 0.4) is 0 Å². The Bertz CT molecular complexity index is 1110. The topological polar surface area (TPSA) is 99.8 Å². The summed E-state index contributed by atoms with van der Waals surface area (Å²) < 4.78 is 5.53. The zero-order valence-electron chi connectivity index (χ0n) is 21.0. The number of allylic oxidation sites excluding steroid dienone is 1. The van der Waals surface area contributed by atoms with Gasteiger partial charge in [0.2, 0.25) is 0 Å². The van der Waals surface area contributed by atoms with Crippen molar-refractivity contribution in [2.45, 2.75) is 47.1 Å². The number of carbonyl (C=O) groups excluding carboxylic acids is 3. The first-order chi connectivity index (χ1) is 16.7. The molecule has 2 aromatic carbocycles. The van der Waals surface area contributed by atoms with Gasteiger partial charge in [0, 0.05) is 23.6 Å². The molecule has 1 aliphatic heterocycles. The standard InChI is InChI=1S/C27H34N4O4/c1-6-14-31-19(5)23(25(32)35-16-17(2)3)24(30-27(31)34)20-10-12-21(13-11-20)28-26(33)29-22-9-7-8-18(4)15-22/h7-13,15,17,24H,6,14,16H2,1-5H3,(H,30,34)(H2,28,29,33)/t24-/m0/s1. The Morgan fingerprint density at radius 1 is 1.06 bits per heavy atom. The molecular weight excluding hydrogens is 444 g/mol. The highest BCUT2D eigenvalue weighted by molar-refractivity contribution is 6.00. The lowest BCUT2D eigenvalue weighted by Crippen LogP contribution is -2.48. The van der Waals surface area contributed by atoms with Crippen molar-refractivity contribution in [3.05, 3.63) is 70.9 Å². The predicted molar refractivity (Wildman–Crippen MR) is 137 cm³/mol. The number of ether oxygens (including phenoxy) is 1. The largest absolute Gasteiger partial charge is 0.462 e. The van der Waals surface area contributed by atoms with Crippen LogP contribution in [0.1, 0.15) is 51.3 Å². The van der Waals surface area contributed by atoms with E-state index in [0.29, 0.717) is 35.8 Å². The van der Waals surface area contributed by atoms with Crippen LogP contribution >= 0.6 is 0 Å². The SMILES string of the molecule is CCCN1C(=O)N[C@@H](c2ccc(NC(=O)Nc3cccc(C)c3)cc2)C(C(=O)OCC(C)C)=C1C. The van der Waals surface area contributed by atoms with E-state index < -0.39 is 12.0 Å². The summed E-state index contributed by atoms with van der Waals surface area (Å²) in [6, 6.07) is 13.3. The number of urea groups is 2. The van der Waals surface area contributed by atoms with Crippen LogP contribution in [0, 0.1) is 12.8 Å². The highest BCUT2D eigenvalue weighted by Gasteiger charge is 2.36. The number of hydrogen-bond donors (Lipinski definition) is 3. The summed E-state index contributed by atoms with van der Waals surface area (Å²) in [5.41, 5.74) is 4.05. The lowest BCUT2D eigenvalue weighted by atomic mass is 9.94. The van der Waals surface area contributed by atoms with Gasteiger partial charge in [0.15, 0.2) is 0 Å². The Kier molecular flexibility index (Phi) is 8.52.